The van der Waals surface area contributed by atoms with E-state index in [-0.39, 0.29) is 29.4 Å². The van der Waals surface area contributed by atoms with E-state index in [1.807, 2.05) is 0 Å². The number of amides is 1. The first-order chi connectivity index (χ1) is 13.8. The van der Waals surface area contributed by atoms with Crippen molar-refractivity contribution in [2.75, 3.05) is 32.8 Å². The van der Waals surface area contributed by atoms with Crippen LogP contribution in [-0.4, -0.2) is 60.5 Å². The van der Waals surface area contributed by atoms with E-state index in [0.29, 0.717) is 32.7 Å². The summed E-state index contributed by atoms with van der Waals surface area (Å²) in [5.41, 5.74) is -0.661. The fourth-order valence-electron chi connectivity index (χ4n) is 4.26. The smallest absolute Gasteiger partial charge is 0.416 e. The summed E-state index contributed by atoms with van der Waals surface area (Å²) in [6.07, 6.45) is -1.60. The van der Waals surface area contributed by atoms with E-state index in [9.17, 15) is 22.8 Å². The van der Waals surface area contributed by atoms with Crippen molar-refractivity contribution in [3.05, 3.63) is 35.4 Å². The second-order valence-electron chi connectivity index (χ2n) is 7.69. The van der Waals surface area contributed by atoms with Crippen LogP contribution in [0.4, 0.5) is 18.0 Å². The standard InChI is InChI=1S/C21H27F3N2O3/c1-2-29-20(28)25-11-8-18(9-12-25)26-10-4-6-16(14-26)19(27)15-5-3-7-17(13-15)21(22,23)24/h3,5,7,13,16,18H,2,4,6,8-12,14H2,1H3. The van der Waals surface area contributed by atoms with Gasteiger partial charge < -0.3 is 9.64 Å². The zero-order chi connectivity index (χ0) is 21.0. The minimum Gasteiger partial charge on any atom is -0.450 e. The van der Waals surface area contributed by atoms with Crippen molar-refractivity contribution in [2.24, 2.45) is 5.92 Å². The molecule has 160 valence electrons. The van der Waals surface area contributed by atoms with Crippen LogP contribution in [0.15, 0.2) is 24.3 Å². The van der Waals surface area contributed by atoms with Crippen molar-refractivity contribution in [1.82, 2.24) is 9.80 Å². The summed E-state index contributed by atoms with van der Waals surface area (Å²) in [5.74, 6) is -0.514. The summed E-state index contributed by atoms with van der Waals surface area (Å²) in [6, 6.07) is 4.98. The summed E-state index contributed by atoms with van der Waals surface area (Å²) in [5, 5.41) is 0. The van der Waals surface area contributed by atoms with Gasteiger partial charge in [-0.15, -0.1) is 0 Å². The Bertz CT molecular complexity index is 730. The second kappa shape index (κ2) is 9.15. The van der Waals surface area contributed by atoms with Gasteiger partial charge in [-0.05, 0) is 51.3 Å². The van der Waals surface area contributed by atoms with Gasteiger partial charge in [0.2, 0.25) is 0 Å². The quantitative estimate of drug-likeness (QED) is 0.695. The van der Waals surface area contributed by atoms with Crippen molar-refractivity contribution >= 4 is 11.9 Å². The first-order valence-electron chi connectivity index (χ1n) is 10.2. The highest BCUT2D eigenvalue weighted by atomic mass is 19.4. The van der Waals surface area contributed by atoms with Crippen molar-refractivity contribution in [1.29, 1.82) is 0 Å². The lowest BCUT2D eigenvalue weighted by atomic mass is 9.88. The number of benzene rings is 1. The van der Waals surface area contributed by atoms with Gasteiger partial charge in [0.1, 0.15) is 0 Å². The molecule has 0 aliphatic carbocycles. The predicted octanol–water partition coefficient (Wildman–Crippen LogP) is 4.22. The molecule has 0 bridgehead atoms. The van der Waals surface area contributed by atoms with Crippen molar-refractivity contribution in [2.45, 2.75) is 44.8 Å². The molecule has 5 nitrogen and oxygen atoms in total. The van der Waals surface area contributed by atoms with Crippen LogP contribution in [0.25, 0.3) is 0 Å². The first-order valence-corrected chi connectivity index (χ1v) is 10.2. The Kier molecular flexibility index (Phi) is 6.82. The molecule has 2 aliphatic rings. The average molecular weight is 412 g/mol. The van der Waals surface area contributed by atoms with Gasteiger partial charge in [-0.25, -0.2) is 4.79 Å². The zero-order valence-corrected chi connectivity index (χ0v) is 16.6. The van der Waals surface area contributed by atoms with E-state index < -0.39 is 11.7 Å². The van der Waals surface area contributed by atoms with Gasteiger partial charge in [-0.1, -0.05) is 12.1 Å². The van der Waals surface area contributed by atoms with Gasteiger partial charge in [-0.3, -0.25) is 9.69 Å². The Morgan fingerprint density at radius 2 is 1.86 bits per heavy atom. The summed E-state index contributed by atoms with van der Waals surface area (Å²) in [7, 11) is 0. The number of Topliss-reactive ketones (excluding diaryl/α,β-unsaturated/α-hetero) is 1. The number of hydrogen-bond acceptors (Lipinski definition) is 4. The molecule has 0 radical (unpaired) electrons. The predicted molar refractivity (Wildman–Crippen MR) is 102 cm³/mol. The number of likely N-dealkylation sites (tertiary alicyclic amines) is 2. The van der Waals surface area contributed by atoms with E-state index in [1.54, 1.807) is 11.8 Å². The monoisotopic (exact) mass is 412 g/mol. The molecule has 3 rings (SSSR count). The van der Waals surface area contributed by atoms with Gasteiger partial charge in [0.25, 0.3) is 0 Å². The van der Waals surface area contributed by atoms with Crippen molar-refractivity contribution in [3.63, 3.8) is 0 Å². The maximum atomic E-state index is 13.0. The van der Waals surface area contributed by atoms with E-state index in [1.165, 1.54) is 12.1 Å². The third kappa shape index (κ3) is 5.29. The number of carbonyl (C=O) groups is 2. The Morgan fingerprint density at radius 3 is 2.52 bits per heavy atom. The van der Waals surface area contributed by atoms with Gasteiger partial charge in [0.05, 0.1) is 12.2 Å². The van der Waals surface area contributed by atoms with Crippen LogP contribution in [0.5, 0.6) is 0 Å². The third-order valence-corrected chi connectivity index (χ3v) is 5.80. The van der Waals surface area contributed by atoms with Gasteiger partial charge in [0, 0.05) is 37.2 Å². The maximum absolute atomic E-state index is 13.0. The molecule has 0 aromatic heterocycles. The average Bonchev–Trinajstić information content (AvgIpc) is 2.73. The number of nitrogens with zero attached hydrogens (tertiary/aromatic N) is 2. The van der Waals surface area contributed by atoms with Crippen LogP contribution in [0.3, 0.4) is 0 Å². The molecule has 1 aromatic rings. The summed E-state index contributed by atoms with van der Waals surface area (Å²) >= 11 is 0. The van der Waals surface area contributed by atoms with Crippen molar-refractivity contribution < 1.29 is 27.5 Å². The number of alkyl halides is 3. The fourth-order valence-corrected chi connectivity index (χ4v) is 4.26. The lowest BCUT2D eigenvalue weighted by Crippen LogP contribution is -2.50. The molecule has 0 saturated carbocycles. The number of ether oxygens (including phenoxy) is 1. The Hall–Kier alpha value is -2.09. The molecule has 29 heavy (non-hydrogen) atoms. The lowest BCUT2D eigenvalue weighted by Gasteiger charge is -2.41. The molecule has 2 fully saturated rings. The number of hydrogen-bond donors (Lipinski definition) is 0. The van der Waals surface area contributed by atoms with Gasteiger partial charge in [0.15, 0.2) is 5.78 Å². The van der Waals surface area contributed by atoms with Crippen LogP contribution in [-0.2, 0) is 10.9 Å². The summed E-state index contributed by atoms with van der Waals surface area (Å²) in [6.45, 7) is 4.79. The molecule has 1 aromatic carbocycles. The third-order valence-electron chi connectivity index (χ3n) is 5.80. The van der Waals surface area contributed by atoms with E-state index >= 15 is 0 Å². The Labute approximate surface area is 168 Å². The molecule has 2 aliphatic heterocycles. The van der Waals surface area contributed by atoms with Crippen LogP contribution >= 0.6 is 0 Å². The maximum Gasteiger partial charge on any atom is 0.416 e. The minimum atomic E-state index is -4.46. The van der Waals surface area contributed by atoms with Crippen molar-refractivity contribution in [3.8, 4) is 0 Å². The highest BCUT2D eigenvalue weighted by Crippen LogP contribution is 2.31. The Balaban J connectivity index is 1.60. The summed E-state index contributed by atoms with van der Waals surface area (Å²) < 4.78 is 43.9. The molecule has 0 N–H and O–H groups in total. The number of carbonyl (C=O) groups excluding carboxylic acids is 2. The molecule has 1 atom stereocenters. The topological polar surface area (TPSA) is 49.9 Å². The largest absolute Gasteiger partial charge is 0.450 e. The van der Waals surface area contributed by atoms with Crippen LogP contribution in [0.1, 0.15) is 48.5 Å². The van der Waals surface area contributed by atoms with E-state index in [4.69, 9.17) is 4.74 Å². The highest BCUT2D eigenvalue weighted by molar-refractivity contribution is 5.98. The molecule has 2 heterocycles. The zero-order valence-electron chi connectivity index (χ0n) is 16.6. The number of halogens is 3. The first kappa shape index (κ1) is 21.6. The van der Waals surface area contributed by atoms with E-state index in [0.717, 1.165) is 37.9 Å². The summed E-state index contributed by atoms with van der Waals surface area (Å²) in [4.78, 5) is 28.7. The van der Waals surface area contributed by atoms with Gasteiger partial charge in [-0.2, -0.15) is 13.2 Å². The van der Waals surface area contributed by atoms with Crippen LogP contribution in [0.2, 0.25) is 0 Å². The molecule has 1 unspecified atom stereocenters. The number of piperidine rings is 2. The van der Waals surface area contributed by atoms with Gasteiger partial charge >= 0.3 is 12.3 Å². The normalized spacial score (nSPS) is 21.8. The molecule has 8 heteroatoms. The molecule has 1 amide bonds. The second-order valence-corrected chi connectivity index (χ2v) is 7.69. The SMILES string of the molecule is CCOC(=O)N1CCC(N2CCCC(C(=O)c3cccc(C(F)(F)F)c3)C2)CC1. The molecular weight excluding hydrogens is 385 g/mol. The number of ketones is 1. The lowest BCUT2D eigenvalue weighted by molar-refractivity contribution is -0.137. The van der Waals surface area contributed by atoms with Crippen LogP contribution < -0.4 is 0 Å². The molecule has 2 saturated heterocycles. The Morgan fingerprint density at radius 1 is 1.14 bits per heavy atom. The highest BCUT2D eigenvalue weighted by Gasteiger charge is 2.35. The molecular formula is C21H27F3N2O3. The minimum absolute atomic E-state index is 0.129. The fraction of sp³-hybridized carbons (Fsp3) is 0.619. The number of rotatable bonds is 4. The molecule has 0 spiro atoms. The van der Waals surface area contributed by atoms with E-state index in [2.05, 4.69) is 4.90 Å². The van der Waals surface area contributed by atoms with Crippen LogP contribution in [0, 0.1) is 5.92 Å².